The van der Waals surface area contributed by atoms with Crippen molar-refractivity contribution in [2.24, 2.45) is 0 Å². The van der Waals surface area contributed by atoms with E-state index in [0.717, 1.165) is 13.1 Å². The van der Waals surface area contributed by atoms with Crippen LogP contribution < -0.4 is 0 Å². The molecule has 0 amide bonds. The topological polar surface area (TPSA) is 3.24 Å². The van der Waals surface area contributed by atoms with Crippen LogP contribution in [0, 0.1) is 0 Å². The summed E-state index contributed by atoms with van der Waals surface area (Å²) in [6, 6.07) is 10.4. The van der Waals surface area contributed by atoms with Gasteiger partial charge in [0.1, 0.15) is 0 Å². The first-order valence-corrected chi connectivity index (χ1v) is 4.27. The maximum atomic E-state index is 3.75. The van der Waals surface area contributed by atoms with E-state index in [1.54, 1.807) is 0 Å². The van der Waals surface area contributed by atoms with Gasteiger partial charge in [-0.15, -0.1) is 0 Å². The molecule has 1 rings (SSSR count). The first-order chi connectivity index (χ1) is 5.86. The van der Waals surface area contributed by atoms with Crippen LogP contribution in [-0.4, -0.2) is 11.4 Å². The average Bonchev–Trinajstić information content (AvgIpc) is 2.16. The summed E-state index contributed by atoms with van der Waals surface area (Å²) in [4.78, 5) is 2.18. The largest absolute Gasteiger partial charge is 0.374 e. The Labute approximate surface area is 74.3 Å². The third-order valence-electron chi connectivity index (χ3n) is 1.89. The van der Waals surface area contributed by atoms with Gasteiger partial charge in [-0.3, -0.25) is 0 Å². The second kappa shape index (κ2) is 4.60. The molecule has 0 aliphatic heterocycles. The summed E-state index contributed by atoms with van der Waals surface area (Å²) in [6.07, 6.45) is 1.88. The maximum Gasteiger partial charge on any atom is 0.0423 e. The molecule has 0 heterocycles. The molecule has 0 fully saturated rings. The number of rotatable bonds is 4. The molecule has 0 atom stereocenters. The van der Waals surface area contributed by atoms with Gasteiger partial charge in [-0.05, 0) is 18.7 Å². The molecular formula is C11H15N. The molecule has 1 nitrogen and oxygen atoms in total. The zero-order chi connectivity index (χ0) is 8.81. The van der Waals surface area contributed by atoms with Crippen molar-refractivity contribution in [3.05, 3.63) is 48.7 Å². The monoisotopic (exact) mass is 161 g/mol. The molecule has 64 valence electrons. The maximum absolute atomic E-state index is 3.75. The minimum Gasteiger partial charge on any atom is -0.374 e. The van der Waals surface area contributed by atoms with Crippen molar-refractivity contribution in [2.45, 2.75) is 13.5 Å². The molecule has 1 heteroatoms. The van der Waals surface area contributed by atoms with Crippen molar-refractivity contribution in [3.8, 4) is 0 Å². The lowest BCUT2D eigenvalue weighted by Gasteiger charge is -2.17. The Kier molecular flexibility index (Phi) is 3.39. The minimum atomic E-state index is 0.959. The summed E-state index contributed by atoms with van der Waals surface area (Å²) in [7, 11) is 0. The molecule has 0 saturated carbocycles. The summed E-state index contributed by atoms with van der Waals surface area (Å²) >= 11 is 0. The Morgan fingerprint density at radius 2 is 2.00 bits per heavy atom. The van der Waals surface area contributed by atoms with Crippen LogP contribution in [0.3, 0.4) is 0 Å². The number of hydrogen-bond acceptors (Lipinski definition) is 1. The third kappa shape index (κ3) is 2.42. The molecule has 1 aromatic rings. The van der Waals surface area contributed by atoms with E-state index >= 15 is 0 Å². The number of benzene rings is 1. The highest BCUT2D eigenvalue weighted by Gasteiger charge is 1.95. The van der Waals surface area contributed by atoms with Gasteiger partial charge in [-0.25, -0.2) is 0 Å². The van der Waals surface area contributed by atoms with Crippen LogP contribution in [0.2, 0.25) is 0 Å². The highest BCUT2D eigenvalue weighted by atomic mass is 15.1. The zero-order valence-corrected chi connectivity index (χ0v) is 7.53. The number of hydrogen-bond donors (Lipinski definition) is 0. The Morgan fingerprint density at radius 3 is 2.50 bits per heavy atom. The fraction of sp³-hybridized carbons (Fsp3) is 0.273. The van der Waals surface area contributed by atoms with Gasteiger partial charge in [-0.2, -0.15) is 0 Å². The second-order valence-electron chi connectivity index (χ2n) is 2.73. The van der Waals surface area contributed by atoms with Crippen molar-refractivity contribution in [2.75, 3.05) is 6.54 Å². The van der Waals surface area contributed by atoms with Gasteiger partial charge < -0.3 is 4.90 Å². The molecule has 0 radical (unpaired) electrons. The summed E-state index contributed by atoms with van der Waals surface area (Å²) in [5.74, 6) is 0. The van der Waals surface area contributed by atoms with Crippen LogP contribution in [0.5, 0.6) is 0 Å². The van der Waals surface area contributed by atoms with Crippen LogP contribution in [0.1, 0.15) is 12.5 Å². The van der Waals surface area contributed by atoms with Gasteiger partial charge in [0, 0.05) is 13.1 Å². The fourth-order valence-corrected chi connectivity index (χ4v) is 1.12. The first kappa shape index (κ1) is 8.85. The van der Waals surface area contributed by atoms with Crippen LogP contribution in [0.15, 0.2) is 43.1 Å². The van der Waals surface area contributed by atoms with Gasteiger partial charge in [0.2, 0.25) is 0 Å². The van der Waals surface area contributed by atoms with Crippen molar-refractivity contribution in [1.29, 1.82) is 0 Å². The summed E-state index contributed by atoms with van der Waals surface area (Å²) in [5, 5.41) is 0. The van der Waals surface area contributed by atoms with E-state index < -0.39 is 0 Å². The lowest BCUT2D eigenvalue weighted by atomic mass is 10.2. The lowest BCUT2D eigenvalue weighted by molar-refractivity contribution is 0.391. The van der Waals surface area contributed by atoms with E-state index in [2.05, 4.69) is 42.7 Å². The molecule has 0 bridgehead atoms. The third-order valence-corrected chi connectivity index (χ3v) is 1.89. The van der Waals surface area contributed by atoms with E-state index in [9.17, 15) is 0 Å². The van der Waals surface area contributed by atoms with Gasteiger partial charge >= 0.3 is 0 Å². The molecular weight excluding hydrogens is 146 g/mol. The Hall–Kier alpha value is -1.24. The van der Waals surface area contributed by atoms with Gasteiger partial charge in [0.15, 0.2) is 0 Å². The predicted molar refractivity (Wildman–Crippen MR) is 52.7 cm³/mol. The Balaban J connectivity index is 2.56. The van der Waals surface area contributed by atoms with Crippen LogP contribution in [0.4, 0.5) is 0 Å². The van der Waals surface area contributed by atoms with Crippen molar-refractivity contribution in [3.63, 3.8) is 0 Å². The van der Waals surface area contributed by atoms with Crippen molar-refractivity contribution in [1.82, 2.24) is 4.90 Å². The normalized spacial score (nSPS) is 9.42. The summed E-state index contributed by atoms with van der Waals surface area (Å²) < 4.78 is 0. The fourth-order valence-electron chi connectivity index (χ4n) is 1.12. The van der Waals surface area contributed by atoms with E-state index in [0.29, 0.717) is 0 Å². The Bertz CT molecular complexity index is 228. The molecule has 0 N–H and O–H groups in total. The SMILES string of the molecule is C=CN(CC)Cc1ccccc1. The molecule has 0 aliphatic rings. The highest BCUT2D eigenvalue weighted by Crippen LogP contribution is 2.03. The highest BCUT2D eigenvalue weighted by molar-refractivity contribution is 5.14. The van der Waals surface area contributed by atoms with E-state index in [1.807, 2.05) is 12.3 Å². The lowest BCUT2D eigenvalue weighted by Crippen LogP contribution is -2.14. The van der Waals surface area contributed by atoms with E-state index in [1.165, 1.54) is 5.56 Å². The number of nitrogens with zero attached hydrogens (tertiary/aromatic N) is 1. The molecule has 0 aliphatic carbocycles. The minimum absolute atomic E-state index is 0.959. The predicted octanol–water partition coefficient (Wildman–Crippen LogP) is 2.65. The van der Waals surface area contributed by atoms with Gasteiger partial charge in [0.25, 0.3) is 0 Å². The van der Waals surface area contributed by atoms with E-state index in [-0.39, 0.29) is 0 Å². The standard InChI is InChI=1S/C11H15N/c1-3-12(4-2)10-11-8-6-5-7-9-11/h3,5-9H,1,4,10H2,2H3. The van der Waals surface area contributed by atoms with Gasteiger partial charge in [-0.1, -0.05) is 36.9 Å². The van der Waals surface area contributed by atoms with Crippen molar-refractivity contribution < 1.29 is 0 Å². The summed E-state index contributed by atoms with van der Waals surface area (Å²) in [6.45, 7) is 7.85. The molecule has 0 aromatic heterocycles. The van der Waals surface area contributed by atoms with Crippen LogP contribution in [0.25, 0.3) is 0 Å². The van der Waals surface area contributed by atoms with Crippen molar-refractivity contribution >= 4 is 0 Å². The first-order valence-electron chi connectivity index (χ1n) is 4.27. The quantitative estimate of drug-likeness (QED) is 0.656. The van der Waals surface area contributed by atoms with E-state index in [4.69, 9.17) is 0 Å². The molecule has 0 saturated heterocycles. The summed E-state index contributed by atoms with van der Waals surface area (Å²) in [5.41, 5.74) is 1.33. The smallest absolute Gasteiger partial charge is 0.0423 e. The zero-order valence-electron chi connectivity index (χ0n) is 7.53. The molecule has 0 unspecified atom stereocenters. The average molecular weight is 161 g/mol. The van der Waals surface area contributed by atoms with Gasteiger partial charge in [0.05, 0.1) is 0 Å². The van der Waals surface area contributed by atoms with Crippen LogP contribution in [-0.2, 0) is 6.54 Å². The second-order valence-corrected chi connectivity index (χ2v) is 2.73. The Morgan fingerprint density at radius 1 is 1.33 bits per heavy atom. The molecule has 0 spiro atoms. The molecule has 1 aromatic carbocycles. The molecule has 12 heavy (non-hydrogen) atoms. The van der Waals surface area contributed by atoms with Crippen LogP contribution >= 0.6 is 0 Å².